The van der Waals surface area contributed by atoms with Crippen molar-refractivity contribution in [1.82, 2.24) is 5.32 Å². The van der Waals surface area contributed by atoms with Crippen LogP contribution in [0.4, 0.5) is 5.69 Å². The number of morpholine rings is 1. The molecule has 0 bridgehead atoms. The Morgan fingerprint density at radius 1 is 1.56 bits per heavy atom. The van der Waals surface area contributed by atoms with E-state index in [-0.39, 0.29) is 0 Å². The number of anilines is 1. The summed E-state index contributed by atoms with van der Waals surface area (Å²) in [6.45, 7) is 2.72. The fraction of sp³-hybridized carbons (Fsp3) is 0.455. The molecule has 3 N–H and O–H groups in total. The third kappa shape index (κ3) is 3.38. The number of rotatable bonds is 3. The maximum atomic E-state index is 5.69. The lowest BCUT2D eigenvalue weighted by Gasteiger charge is -2.23. The molecule has 5 heteroatoms. The van der Waals surface area contributed by atoms with Gasteiger partial charge in [-0.05, 0) is 34.1 Å². The number of hydrogen-bond donors (Lipinski definition) is 2. The van der Waals surface area contributed by atoms with Crippen LogP contribution < -0.4 is 11.1 Å². The lowest BCUT2D eigenvalue weighted by molar-refractivity contribution is 0.0441. The van der Waals surface area contributed by atoms with Crippen molar-refractivity contribution in [3.8, 4) is 0 Å². The van der Waals surface area contributed by atoms with E-state index in [1.54, 1.807) is 11.8 Å². The summed E-state index contributed by atoms with van der Waals surface area (Å²) < 4.78 is 6.70. The van der Waals surface area contributed by atoms with E-state index in [4.69, 9.17) is 10.5 Å². The van der Waals surface area contributed by atoms with Crippen molar-refractivity contribution < 1.29 is 4.74 Å². The number of thioether (sulfide) groups is 1. The van der Waals surface area contributed by atoms with Gasteiger partial charge >= 0.3 is 0 Å². The number of nitrogen functional groups attached to an aromatic ring is 1. The maximum Gasteiger partial charge on any atom is 0.0793 e. The number of benzene rings is 1. The average molecular weight is 303 g/mol. The molecule has 1 saturated heterocycles. The molecule has 0 aliphatic carbocycles. The Morgan fingerprint density at radius 3 is 3.12 bits per heavy atom. The second kappa shape index (κ2) is 5.91. The lowest BCUT2D eigenvalue weighted by Crippen LogP contribution is -2.39. The number of hydrogen-bond acceptors (Lipinski definition) is 4. The molecule has 16 heavy (non-hydrogen) atoms. The molecule has 0 saturated carbocycles. The summed E-state index contributed by atoms with van der Waals surface area (Å²) in [5.41, 5.74) is 6.48. The lowest BCUT2D eigenvalue weighted by atomic mass is 10.3. The second-order valence-electron chi connectivity index (χ2n) is 3.70. The quantitative estimate of drug-likeness (QED) is 0.663. The van der Waals surface area contributed by atoms with Crippen molar-refractivity contribution >= 4 is 33.4 Å². The van der Waals surface area contributed by atoms with Gasteiger partial charge in [-0.2, -0.15) is 0 Å². The molecule has 1 aliphatic heterocycles. The number of nitrogens with two attached hydrogens (primary N) is 1. The molecule has 1 aliphatic rings. The highest BCUT2D eigenvalue weighted by molar-refractivity contribution is 9.10. The minimum absolute atomic E-state index is 0.309. The van der Waals surface area contributed by atoms with Crippen LogP contribution in [0.5, 0.6) is 0 Å². The van der Waals surface area contributed by atoms with E-state index in [0.29, 0.717) is 6.10 Å². The average Bonchev–Trinajstić information content (AvgIpc) is 2.29. The van der Waals surface area contributed by atoms with Crippen LogP contribution in [-0.2, 0) is 4.74 Å². The number of ether oxygens (including phenoxy) is 1. The van der Waals surface area contributed by atoms with Crippen LogP contribution in [-0.4, -0.2) is 31.6 Å². The Morgan fingerprint density at radius 2 is 2.44 bits per heavy atom. The van der Waals surface area contributed by atoms with Crippen LogP contribution in [0.15, 0.2) is 27.6 Å². The smallest absolute Gasteiger partial charge is 0.0793 e. The van der Waals surface area contributed by atoms with Crippen LogP contribution in [0, 0.1) is 0 Å². The molecule has 1 aromatic rings. The Labute approximate surface area is 108 Å². The highest BCUT2D eigenvalue weighted by Gasteiger charge is 2.14. The summed E-state index contributed by atoms with van der Waals surface area (Å²) in [5.74, 6) is 0.968. The van der Waals surface area contributed by atoms with Gasteiger partial charge < -0.3 is 15.8 Å². The summed E-state index contributed by atoms with van der Waals surface area (Å²) in [5, 5.41) is 3.32. The Balaban J connectivity index is 1.88. The predicted molar refractivity (Wildman–Crippen MR) is 71.9 cm³/mol. The minimum Gasteiger partial charge on any atom is -0.399 e. The van der Waals surface area contributed by atoms with Gasteiger partial charge in [-0.15, -0.1) is 11.8 Å². The van der Waals surface area contributed by atoms with Crippen molar-refractivity contribution in [2.45, 2.75) is 11.0 Å². The van der Waals surface area contributed by atoms with E-state index in [0.717, 1.165) is 35.6 Å². The molecule has 1 unspecified atom stereocenters. The zero-order valence-electron chi connectivity index (χ0n) is 8.91. The topological polar surface area (TPSA) is 47.3 Å². The molecule has 1 fully saturated rings. The molecule has 88 valence electrons. The van der Waals surface area contributed by atoms with Gasteiger partial charge in [0.05, 0.1) is 12.7 Å². The van der Waals surface area contributed by atoms with Crippen LogP contribution in [0.1, 0.15) is 0 Å². The SMILES string of the molecule is Nc1ccc(SCC2CNCCO2)c(Br)c1. The van der Waals surface area contributed by atoms with Crippen molar-refractivity contribution in [1.29, 1.82) is 0 Å². The number of nitrogens with one attached hydrogen (secondary N) is 1. The molecule has 2 rings (SSSR count). The van der Waals surface area contributed by atoms with E-state index in [9.17, 15) is 0 Å². The zero-order chi connectivity index (χ0) is 11.4. The van der Waals surface area contributed by atoms with Gasteiger partial charge in [0, 0.05) is 33.9 Å². The van der Waals surface area contributed by atoms with Gasteiger partial charge in [0.2, 0.25) is 0 Å². The molecule has 0 aromatic heterocycles. The second-order valence-corrected chi connectivity index (χ2v) is 5.61. The summed E-state index contributed by atoms with van der Waals surface area (Å²) in [6, 6.07) is 5.90. The molecule has 0 amide bonds. The van der Waals surface area contributed by atoms with Crippen LogP contribution >= 0.6 is 27.7 Å². The molecule has 1 heterocycles. The van der Waals surface area contributed by atoms with Crippen molar-refractivity contribution in [2.24, 2.45) is 0 Å². The molecular weight excluding hydrogens is 288 g/mol. The molecule has 1 aromatic carbocycles. The highest BCUT2D eigenvalue weighted by Crippen LogP contribution is 2.29. The summed E-state index contributed by atoms with van der Waals surface area (Å²) >= 11 is 5.31. The summed E-state index contributed by atoms with van der Waals surface area (Å²) in [4.78, 5) is 1.21. The van der Waals surface area contributed by atoms with Crippen LogP contribution in [0.2, 0.25) is 0 Å². The summed E-state index contributed by atoms with van der Waals surface area (Å²) in [6.07, 6.45) is 0.309. The van der Waals surface area contributed by atoms with E-state index in [2.05, 4.69) is 21.2 Å². The first kappa shape index (κ1) is 12.2. The standard InChI is InChI=1S/C11H15BrN2OS/c12-10-5-8(13)1-2-11(10)16-7-9-6-14-3-4-15-9/h1-2,5,9,14H,3-4,6-7,13H2. The Hall–Kier alpha value is -0.230. The minimum atomic E-state index is 0.309. The molecule has 3 nitrogen and oxygen atoms in total. The molecular formula is C11H15BrN2OS. The monoisotopic (exact) mass is 302 g/mol. The third-order valence-electron chi connectivity index (χ3n) is 2.39. The molecule has 0 spiro atoms. The normalized spacial score (nSPS) is 20.9. The van der Waals surface area contributed by atoms with Gasteiger partial charge in [0.1, 0.15) is 0 Å². The first-order valence-electron chi connectivity index (χ1n) is 5.26. The van der Waals surface area contributed by atoms with E-state index < -0.39 is 0 Å². The van der Waals surface area contributed by atoms with Crippen LogP contribution in [0.25, 0.3) is 0 Å². The van der Waals surface area contributed by atoms with Gasteiger partial charge in [0.25, 0.3) is 0 Å². The Kier molecular flexibility index (Phi) is 4.52. The van der Waals surface area contributed by atoms with Crippen molar-refractivity contribution in [2.75, 3.05) is 31.2 Å². The first-order chi connectivity index (χ1) is 7.75. The van der Waals surface area contributed by atoms with Crippen molar-refractivity contribution in [3.63, 3.8) is 0 Å². The van der Waals surface area contributed by atoms with Gasteiger partial charge in [-0.3, -0.25) is 0 Å². The summed E-state index contributed by atoms with van der Waals surface area (Å²) in [7, 11) is 0. The largest absolute Gasteiger partial charge is 0.399 e. The molecule has 0 radical (unpaired) electrons. The fourth-order valence-electron chi connectivity index (χ4n) is 1.54. The predicted octanol–water partition coefficient (Wildman–Crippen LogP) is 2.11. The van der Waals surface area contributed by atoms with E-state index in [1.165, 1.54) is 4.90 Å². The van der Waals surface area contributed by atoms with E-state index in [1.807, 2.05) is 18.2 Å². The van der Waals surface area contributed by atoms with Crippen molar-refractivity contribution in [3.05, 3.63) is 22.7 Å². The third-order valence-corrected chi connectivity index (χ3v) is 4.51. The van der Waals surface area contributed by atoms with Gasteiger partial charge in [-0.1, -0.05) is 0 Å². The maximum absolute atomic E-state index is 5.69. The number of halogens is 1. The van der Waals surface area contributed by atoms with Gasteiger partial charge in [-0.25, -0.2) is 0 Å². The van der Waals surface area contributed by atoms with Crippen LogP contribution in [0.3, 0.4) is 0 Å². The first-order valence-corrected chi connectivity index (χ1v) is 7.04. The molecule has 1 atom stereocenters. The Bertz CT molecular complexity index is 356. The highest BCUT2D eigenvalue weighted by atomic mass is 79.9. The zero-order valence-corrected chi connectivity index (χ0v) is 11.3. The van der Waals surface area contributed by atoms with E-state index >= 15 is 0 Å². The van der Waals surface area contributed by atoms with Gasteiger partial charge in [0.15, 0.2) is 0 Å². The fourth-order valence-corrected chi connectivity index (χ4v) is 3.22.